The summed E-state index contributed by atoms with van der Waals surface area (Å²) in [5, 5.41) is 5.04. The summed E-state index contributed by atoms with van der Waals surface area (Å²) in [6.07, 6.45) is 0.495. The van der Waals surface area contributed by atoms with Gasteiger partial charge in [-0.15, -0.1) is 0 Å². The van der Waals surface area contributed by atoms with Crippen LogP contribution in [0.3, 0.4) is 0 Å². The zero-order chi connectivity index (χ0) is 19.8. The molecule has 2 amide bonds. The minimum atomic E-state index is -0.678. The molecule has 0 saturated carbocycles. The second-order valence-corrected chi connectivity index (χ2v) is 8.08. The minimum Gasteiger partial charge on any atom is -0.373 e. The Morgan fingerprint density at radius 3 is 2.19 bits per heavy atom. The van der Waals surface area contributed by atoms with Gasteiger partial charge < -0.3 is 10.2 Å². The Kier molecular flexibility index (Phi) is 5.37. The molecule has 2 heterocycles. The van der Waals surface area contributed by atoms with Crippen LogP contribution in [0.2, 0.25) is 0 Å². The van der Waals surface area contributed by atoms with Gasteiger partial charge in [-0.25, -0.2) is 8.78 Å². The van der Waals surface area contributed by atoms with E-state index in [4.69, 9.17) is 0 Å². The molecule has 1 aromatic carbocycles. The summed E-state index contributed by atoms with van der Waals surface area (Å²) in [6.45, 7) is 8.94. The normalized spacial score (nSPS) is 22.0. The highest BCUT2D eigenvalue weighted by atomic mass is 19.1. The number of imide groups is 1. The number of nitrogens with zero attached hydrogens (tertiary/aromatic N) is 2. The van der Waals surface area contributed by atoms with Gasteiger partial charge in [-0.2, -0.15) is 0 Å². The predicted molar refractivity (Wildman–Crippen MR) is 99.7 cm³/mol. The Morgan fingerprint density at radius 1 is 1.07 bits per heavy atom. The number of carbonyl (C=O) groups is 2. The Morgan fingerprint density at radius 2 is 1.67 bits per heavy atom. The van der Waals surface area contributed by atoms with E-state index < -0.39 is 23.6 Å². The molecule has 1 atom stereocenters. The second kappa shape index (κ2) is 7.42. The van der Waals surface area contributed by atoms with Gasteiger partial charge in [0.25, 0.3) is 0 Å². The molecule has 2 fully saturated rings. The summed E-state index contributed by atoms with van der Waals surface area (Å²) in [5.41, 5.74) is 0.188. The lowest BCUT2D eigenvalue weighted by molar-refractivity contribution is -0.133. The van der Waals surface area contributed by atoms with E-state index in [9.17, 15) is 18.4 Å². The molecular formula is C19H26F2N4O2. The Balaban J connectivity index is 1.70. The van der Waals surface area contributed by atoms with Crippen LogP contribution in [-0.2, 0) is 9.59 Å². The number of carbonyl (C=O) groups excluding carboxylic acids is 2. The molecule has 1 aromatic rings. The number of piperidine rings is 1. The van der Waals surface area contributed by atoms with E-state index in [2.05, 4.69) is 36.3 Å². The van der Waals surface area contributed by atoms with Gasteiger partial charge in [0.05, 0.1) is 0 Å². The molecular weight excluding hydrogens is 354 g/mol. The average molecular weight is 380 g/mol. The molecule has 0 aromatic heterocycles. The lowest BCUT2D eigenvalue weighted by Gasteiger charge is -2.43. The maximum Gasteiger partial charge on any atom is 0.249 e. The van der Waals surface area contributed by atoms with Crippen LogP contribution in [0.4, 0.5) is 20.2 Å². The molecule has 148 valence electrons. The molecule has 0 bridgehead atoms. The van der Waals surface area contributed by atoms with E-state index in [0.29, 0.717) is 19.5 Å². The Bertz CT molecular complexity index is 717. The van der Waals surface area contributed by atoms with Crippen LogP contribution in [0.1, 0.15) is 33.6 Å². The summed E-state index contributed by atoms with van der Waals surface area (Å²) in [7, 11) is 0. The number of rotatable bonds is 3. The van der Waals surface area contributed by atoms with Gasteiger partial charge in [-0.3, -0.25) is 19.8 Å². The number of amides is 2. The first-order chi connectivity index (χ1) is 12.6. The third kappa shape index (κ3) is 4.37. The average Bonchev–Trinajstić information content (AvgIpc) is 2.56. The van der Waals surface area contributed by atoms with Crippen LogP contribution in [0.15, 0.2) is 12.1 Å². The second-order valence-electron chi connectivity index (χ2n) is 8.08. The molecule has 2 aliphatic rings. The van der Waals surface area contributed by atoms with Crippen molar-refractivity contribution in [1.29, 1.82) is 0 Å². The topological polar surface area (TPSA) is 64.7 Å². The number of hydrogen-bond donors (Lipinski definition) is 2. The lowest BCUT2D eigenvalue weighted by Crippen LogP contribution is -2.53. The van der Waals surface area contributed by atoms with E-state index in [1.807, 2.05) is 0 Å². The van der Waals surface area contributed by atoms with Crippen LogP contribution in [0.5, 0.6) is 0 Å². The van der Waals surface area contributed by atoms with Crippen LogP contribution in [0.25, 0.3) is 0 Å². The van der Waals surface area contributed by atoms with Crippen molar-refractivity contribution in [2.24, 2.45) is 0 Å². The fourth-order valence-electron chi connectivity index (χ4n) is 3.58. The summed E-state index contributed by atoms with van der Waals surface area (Å²) in [5.74, 6) is -2.13. The highest BCUT2D eigenvalue weighted by molar-refractivity contribution is 6.01. The predicted octanol–water partition coefficient (Wildman–Crippen LogP) is 2.10. The van der Waals surface area contributed by atoms with Crippen molar-refractivity contribution in [3.8, 4) is 0 Å². The highest BCUT2D eigenvalue weighted by Gasteiger charge is 2.30. The summed E-state index contributed by atoms with van der Waals surface area (Å²) in [4.78, 5) is 27.0. The molecule has 2 N–H and O–H groups in total. The van der Waals surface area contributed by atoms with Crippen molar-refractivity contribution < 1.29 is 18.4 Å². The maximum absolute atomic E-state index is 14.7. The molecule has 0 radical (unpaired) electrons. The van der Waals surface area contributed by atoms with Crippen LogP contribution in [-0.4, -0.2) is 54.5 Å². The number of hydrogen-bond acceptors (Lipinski definition) is 5. The van der Waals surface area contributed by atoms with Crippen LogP contribution < -0.4 is 15.5 Å². The van der Waals surface area contributed by atoms with Crippen molar-refractivity contribution in [2.75, 3.05) is 36.4 Å². The summed E-state index contributed by atoms with van der Waals surface area (Å²) in [6, 6.07) is 1.74. The van der Waals surface area contributed by atoms with Gasteiger partial charge in [-0.1, -0.05) is 0 Å². The van der Waals surface area contributed by atoms with Gasteiger partial charge in [-0.05, 0) is 39.3 Å². The van der Waals surface area contributed by atoms with E-state index in [1.165, 1.54) is 12.1 Å². The molecule has 2 saturated heterocycles. The lowest BCUT2D eigenvalue weighted by atomic mass is 10.0. The van der Waals surface area contributed by atoms with Gasteiger partial charge in [0.2, 0.25) is 11.8 Å². The molecule has 8 heteroatoms. The third-order valence-electron chi connectivity index (χ3n) is 5.14. The number of anilines is 2. The number of piperazine rings is 1. The van der Waals surface area contributed by atoms with Crippen LogP contribution in [0, 0.1) is 11.6 Å². The number of benzene rings is 1. The monoisotopic (exact) mass is 380 g/mol. The molecule has 27 heavy (non-hydrogen) atoms. The molecule has 0 aliphatic carbocycles. The highest BCUT2D eigenvalue weighted by Crippen LogP contribution is 2.29. The van der Waals surface area contributed by atoms with Crippen LogP contribution >= 0.6 is 0 Å². The van der Waals surface area contributed by atoms with E-state index in [-0.39, 0.29) is 29.2 Å². The zero-order valence-corrected chi connectivity index (χ0v) is 15.9. The van der Waals surface area contributed by atoms with Gasteiger partial charge in [0.15, 0.2) is 11.6 Å². The minimum absolute atomic E-state index is 0.0267. The molecule has 2 aliphatic heterocycles. The van der Waals surface area contributed by atoms with E-state index >= 15 is 0 Å². The van der Waals surface area contributed by atoms with Crippen molar-refractivity contribution in [3.05, 3.63) is 23.8 Å². The Labute approximate surface area is 157 Å². The van der Waals surface area contributed by atoms with E-state index in [1.54, 1.807) is 4.90 Å². The van der Waals surface area contributed by atoms with Crippen molar-refractivity contribution in [3.63, 3.8) is 0 Å². The van der Waals surface area contributed by atoms with Gasteiger partial charge in [0.1, 0.15) is 11.7 Å². The number of nitrogens with one attached hydrogen (secondary N) is 2. The van der Waals surface area contributed by atoms with E-state index in [0.717, 1.165) is 13.1 Å². The van der Waals surface area contributed by atoms with Gasteiger partial charge in [0, 0.05) is 43.8 Å². The quantitative estimate of drug-likeness (QED) is 0.787. The largest absolute Gasteiger partial charge is 0.373 e. The SMILES string of the molecule is CC(C)(C)N1CCN(c2c(F)cc(NC3CCC(=O)NC3=O)cc2F)CC1. The standard InChI is InChI=1S/C19H26F2N4O2/c1-19(2,3)25-8-6-24(7-9-25)17-13(20)10-12(11-14(17)21)22-15-4-5-16(26)23-18(15)27/h10-11,15,22H,4-9H2,1-3H3,(H,23,26,27). The summed E-state index contributed by atoms with van der Waals surface area (Å²) < 4.78 is 29.3. The Hall–Kier alpha value is -2.22. The summed E-state index contributed by atoms with van der Waals surface area (Å²) >= 11 is 0. The smallest absolute Gasteiger partial charge is 0.249 e. The number of halogens is 2. The molecule has 0 spiro atoms. The third-order valence-corrected chi connectivity index (χ3v) is 5.14. The van der Waals surface area contributed by atoms with Gasteiger partial charge >= 0.3 is 0 Å². The van der Waals surface area contributed by atoms with Crippen molar-refractivity contribution >= 4 is 23.2 Å². The zero-order valence-electron chi connectivity index (χ0n) is 15.9. The first kappa shape index (κ1) is 19.5. The van der Waals surface area contributed by atoms with Crippen molar-refractivity contribution in [2.45, 2.75) is 45.2 Å². The first-order valence-electron chi connectivity index (χ1n) is 9.24. The maximum atomic E-state index is 14.7. The fourth-order valence-corrected chi connectivity index (χ4v) is 3.58. The molecule has 3 rings (SSSR count). The van der Waals surface area contributed by atoms with Crippen molar-refractivity contribution in [1.82, 2.24) is 10.2 Å². The first-order valence-corrected chi connectivity index (χ1v) is 9.24. The molecule has 1 unspecified atom stereocenters. The molecule has 6 nitrogen and oxygen atoms in total. The fraction of sp³-hybridized carbons (Fsp3) is 0.579.